The molecule has 8 heteroatoms. The van der Waals surface area contributed by atoms with E-state index in [9.17, 15) is 10.1 Å². The molecule has 2 aromatic rings. The second kappa shape index (κ2) is 9.31. The highest BCUT2D eigenvalue weighted by atomic mass is 16.5. The van der Waals surface area contributed by atoms with E-state index in [1.807, 2.05) is 12.1 Å². The second-order valence-electron chi connectivity index (χ2n) is 8.76. The second-order valence-corrected chi connectivity index (χ2v) is 8.76. The van der Waals surface area contributed by atoms with Gasteiger partial charge >= 0.3 is 0 Å². The molecular formula is C24H29N5O3. The van der Waals surface area contributed by atoms with Crippen LogP contribution in [0.3, 0.4) is 0 Å². The van der Waals surface area contributed by atoms with E-state index in [0.29, 0.717) is 18.7 Å². The molecule has 2 saturated heterocycles. The number of hydrogen-bond acceptors (Lipinski definition) is 7. The average molecular weight is 436 g/mol. The minimum atomic E-state index is 0.0439. The molecule has 1 unspecified atom stereocenters. The lowest BCUT2D eigenvalue weighted by Crippen LogP contribution is -2.50. The van der Waals surface area contributed by atoms with E-state index in [1.165, 1.54) is 0 Å². The molecule has 1 aliphatic carbocycles. The number of fused-ring (bicyclic) bond motifs is 1. The Labute approximate surface area is 188 Å². The summed E-state index contributed by atoms with van der Waals surface area (Å²) in [6, 6.07) is 6.24. The van der Waals surface area contributed by atoms with Crippen LogP contribution < -0.4 is 10.2 Å². The Kier molecular flexibility index (Phi) is 6.10. The topological polar surface area (TPSA) is 94.6 Å². The Morgan fingerprint density at radius 2 is 2.06 bits per heavy atom. The zero-order valence-electron chi connectivity index (χ0n) is 18.3. The fraction of sp³-hybridized carbons (Fsp3) is 0.542. The van der Waals surface area contributed by atoms with Crippen molar-refractivity contribution in [3.05, 3.63) is 35.1 Å². The highest BCUT2D eigenvalue weighted by Gasteiger charge is 2.29. The molecule has 1 atom stereocenters. The number of anilines is 1. The van der Waals surface area contributed by atoms with Crippen LogP contribution in [-0.2, 0) is 22.4 Å². The van der Waals surface area contributed by atoms with Crippen LogP contribution in [0.25, 0.3) is 11.5 Å². The summed E-state index contributed by atoms with van der Waals surface area (Å²) in [7, 11) is 0. The number of piperazine rings is 1. The fourth-order valence-electron chi connectivity index (χ4n) is 5.02. The van der Waals surface area contributed by atoms with Gasteiger partial charge in [-0.05, 0) is 55.4 Å². The lowest BCUT2D eigenvalue weighted by molar-refractivity contribution is -0.122. The minimum absolute atomic E-state index is 0.0439. The molecule has 0 saturated carbocycles. The van der Waals surface area contributed by atoms with Gasteiger partial charge in [-0.15, -0.1) is 0 Å². The van der Waals surface area contributed by atoms with Crippen molar-refractivity contribution in [1.29, 1.82) is 5.26 Å². The number of nitrogens with zero attached hydrogens (tertiary/aromatic N) is 4. The van der Waals surface area contributed by atoms with Gasteiger partial charge in [-0.25, -0.2) is 4.98 Å². The molecular weight excluding hydrogens is 406 g/mol. The molecule has 168 valence electrons. The van der Waals surface area contributed by atoms with Crippen molar-refractivity contribution in [2.24, 2.45) is 0 Å². The first-order chi connectivity index (χ1) is 15.7. The van der Waals surface area contributed by atoms with Gasteiger partial charge in [0.1, 0.15) is 17.6 Å². The predicted molar refractivity (Wildman–Crippen MR) is 119 cm³/mol. The first-order valence-corrected chi connectivity index (χ1v) is 11.6. The monoisotopic (exact) mass is 435 g/mol. The molecule has 1 amide bonds. The number of pyridine rings is 1. The maximum atomic E-state index is 12.3. The molecule has 2 aliphatic heterocycles. The van der Waals surface area contributed by atoms with Gasteiger partial charge in [-0.1, -0.05) is 0 Å². The largest absolute Gasteiger partial charge is 0.463 e. The number of furan rings is 1. The van der Waals surface area contributed by atoms with Crippen LogP contribution in [0, 0.1) is 11.3 Å². The zero-order valence-corrected chi connectivity index (χ0v) is 18.3. The van der Waals surface area contributed by atoms with Gasteiger partial charge in [0.25, 0.3) is 0 Å². The van der Waals surface area contributed by atoms with Crippen LogP contribution in [-0.4, -0.2) is 67.8 Å². The fourth-order valence-corrected chi connectivity index (χ4v) is 5.02. The van der Waals surface area contributed by atoms with E-state index in [2.05, 4.69) is 21.2 Å². The van der Waals surface area contributed by atoms with Crippen LogP contribution in [0.4, 0.5) is 5.82 Å². The van der Waals surface area contributed by atoms with E-state index in [0.717, 1.165) is 93.3 Å². The van der Waals surface area contributed by atoms with Crippen LogP contribution in [0.5, 0.6) is 0 Å². The van der Waals surface area contributed by atoms with Crippen molar-refractivity contribution in [3.63, 3.8) is 0 Å². The number of aromatic nitrogens is 1. The summed E-state index contributed by atoms with van der Waals surface area (Å²) in [4.78, 5) is 21.6. The standard InChI is InChI=1S/C24H29N5O3/c25-14-20-18-5-1-6-19(18)23(21-7-3-13-32-21)27-24(20)29-10-8-28(9-11-29)16-22(30)26-15-17-4-2-12-31-17/h3,7,13,17H,1-2,4-6,8-12,15-16H2,(H,26,30). The number of hydrogen-bond donors (Lipinski definition) is 1. The molecule has 2 fully saturated rings. The molecule has 0 bridgehead atoms. The molecule has 0 aromatic carbocycles. The van der Waals surface area contributed by atoms with Crippen molar-refractivity contribution in [3.8, 4) is 17.5 Å². The first-order valence-electron chi connectivity index (χ1n) is 11.6. The smallest absolute Gasteiger partial charge is 0.234 e. The van der Waals surface area contributed by atoms with Gasteiger partial charge in [0.05, 0.1) is 24.5 Å². The van der Waals surface area contributed by atoms with Crippen molar-refractivity contribution in [1.82, 2.24) is 15.2 Å². The van der Waals surface area contributed by atoms with E-state index < -0.39 is 0 Å². The summed E-state index contributed by atoms with van der Waals surface area (Å²) in [6.45, 7) is 4.76. The number of nitriles is 1. The molecule has 4 heterocycles. The Balaban J connectivity index is 1.26. The third-order valence-corrected chi connectivity index (χ3v) is 6.70. The predicted octanol–water partition coefficient (Wildman–Crippen LogP) is 2.12. The molecule has 2 aromatic heterocycles. The van der Waals surface area contributed by atoms with Gasteiger partial charge in [0, 0.05) is 39.3 Å². The highest BCUT2D eigenvalue weighted by molar-refractivity contribution is 5.78. The van der Waals surface area contributed by atoms with Gasteiger partial charge < -0.3 is 19.4 Å². The third kappa shape index (κ3) is 4.23. The maximum absolute atomic E-state index is 12.3. The van der Waals surface area contributed by atoms with Crippen LogP contribution in [0.2, 0.25) is 0 Å². The van der Waals surface area contributed by atoms with Crippen molar-refractivity contribution in [2.75, 3.05) is 50.8 Å². The Morgan fingerprint density at radius 1 is 1.22 bits per heavy atom. The van der Waals surface area contributed by atoms with Gasteiger partial charge in [-0.2, -0.15) is 5.26 Å². The van der Waals surface area contributed by atoms with Crippen molar-refractivity contribution < 1.29 is 13.9 Å². The summed E-state index contributed by atoms with van der Waals surface area (Å²) >= 11 is 0. The summed E-state index contributed by atoms with van der Waals surface area (Å²) in [5, 5.41) is 12.9. The van der Waals surface area contributed by atoms with Gasteiger partial charge in [0.15, 0.2) is 5.76 Å². The number of rotatable bonds is 6. The van der Waals surface area contributed by atoms with Crippen molar-refractivity contribution >= 4 is 11.7 Å². The Bertz CT molecular complexity index is 1000. The number of carbonyl (C=O) groups is 1. The zero-order chi connectivity index (χ0) is 21.9. The lowest BCUT2D eigenvalue weighted by Gasteiger charge is -2.35. The number of amides is 1. The number of nitrogens with one attached hydrogen (secondary N) is 1. The number of ether oxygens (including phenoxy) is 1. The van der Waals surface area contributed by atoms with E-state index >= 15 is 0 Å². The first kappa shape index (κ1) is 21.0. The molecule has 0 spiro atoms. The summed E-state index contributed by atoms with van der Waals surface area (Å²) < 4.78 is 11.2. The highest BCUT2D eigenvalue weighted by Crippen LogP contribution is 2.37. The van der Waals surface area contributed by atoms with Gasteiger partial charge in [0.2, 0.25) is 5.91 Å². The maximum Gasteiger partial charge on any atom is 0.234 e. The van der Waals surface area contributed by atoms with Crippen molar-refractivity contribution in [2.45, 2.75) is 38.2 Å². The summed E-state index contributed by atoms with van der Waals surface area (Å²) in [6.07, 6.45) is 6.80. The minimum Gasteiger partial charge on any atom is -0.463 e. The van der Waals surface area contributed by atoms with Crippen LogP contribution in [0.15, 0.2) is 22.8 Å². The SMILES string of the molecule is N#Cc1c(N2CCN(CC(=O)NCC3CCCO3)CC2)nc(-c2ccco2)c2c1CCC2. The lowest BCUT2D eigenvalue weighted by atomic mass is 10.0. The molecule has 1 N–H and O–H groups in total. The molecule has 0 radical (unpaired) electrons. The van der Waals surface area contributed by atoms with Crippen LogP contribution >= 0.6 is 0 Å². The van der Waals surface area contributed by atoms with E-state index in [-0.39, 0.29) is 12.0 Å². The molecule has 32 heavy (non-hydrogen) atoms. The normalized spacial score (nSPS) is 20.8. The summed E-state index contributed by atoms with van der Waals surface area (Å²) in [5.74, 6) is 1.56. The van der Waals surface area contributed by atoms with Gasteiger partial charge in [-0.3, -0.25) is 9.69 Å². The average Bonchev–Trinajstić information content (AvgIpc) is 3.60. The molecule has 8 nitrogen and oxygen atoms in total. The van der Waals surface area contributed by atoms with E-state index in [1.54, 1.807) is 6.26 Å². The summed E-state index contributed by atoms with van der Waals surface area (Å²) in [5.41, 5.74) is 3.85. The Morgan fingerprint density at radius 3 is 2.78 bits per heavy atom. The molecule has 5 rings (SSSR count). The molecule has 3 aliphatic rings. The quantitative estimate of drug-likeness (QED) is 0.743. The number of carbonyl (C=O) groups excluding carboxylic acids is 1. The van der Waals surface area contributed by atoms with E-state index in [4.69, 9.17) is 14.1 Å². The van der Waals surface area contributed by atoms with Crippen LogP contribution in [0.1, 0.15) is 36.0 Å². The Hall–Kier alpha value is -2.89. The third-order valence-electron chi connectivity index (χ3n) is 6.70.